The van der Waals surface area contributed by atoms with Crippen molar-refractivity contribution in [2.75, 3.05) is 5.32 Å². The molecule has 0 saturated carbocycles. The molecule has 0 atom stereocenters. The van der Waals surface area contributed by atoms with Crippen LogP contribution in [0.5, 0.6) is 0 Å². The van der Waals surface area contributed by atoms with Crippen LogP contribution in [0, 0.1) is 5.82 Å². The van der Waals surface area contributed by atoms with E-state index in [0.29, 0.717) is 12.2 Å². The summed E-state index contributed by atoms with van der Waals surface area (Å²) in [7, 11) is 1.94. The van der Waals surface area contributed by atoms with E-state index in [1.807, 2.05) is 43.8 Å². The van der Waals surface area contributed by atoms with Crippen molar-refractivity contribution >= 4 is 11.7 Å². The maximum Gasteiger partial charge on any atom is 0.322 e. The van der Waals surface area contributed by atoms with Crippen molar-refractivity contribution in [3.05, 3.63) is 54.1 Å². The summed E-state index contributed by atoms with van der Waals surface area (Å²) in [6.07, 6.45) is 1.94. The molecule has 2 aromatic rings. The largest absolute Gasteiger partial charge is 0.353 e. The Balaban J connectivity index is 2.11. The van der Waals surface area contributed by atoms with Gasteiger partial charge in [0, 0.05) is 30.7 Å². The second-order valence-electron chi connectivity index (χ2n) is 5.27. The van der Waals surface area contributed by atoms with Crippen LogP contribution >= 0.6 is 0 Å². The lowest BCUT2D eigenvalue weighted by molar-refractivity contribution is 0.192. The van der Waals surface area contributed by atoms with Crippen LogP contribution < -0.4 is 5.32 Å². The topological polar surface area (TPSA) is 37.3 Å². The fourth-order valence-electron chi connectivity index (χ4n) is 2.09. The summed E-state index contributed by atoms with van der Waals surface area (Å²) >= 11 is 0. The van der Waals surface area contributed by atoms with Crippen LogP contribution in [0.2, 0.25) is 0 Å². The highest BCUT2D eigenvalue weighted by atomic mass is 19.1. The molecule has 1 N–H and O–H groups in total. The third kappa shape index (κ3) is 3.84. The number of aryl methyl sites for hydroxylation is 1. The molecule has 0 spiro atoms. The molecule has 0 aliphatic rings. The molecule has 5 heteroatoms. The number of hydrogen-bond acceptors (Lipinski definition) is 1. The van der Waals surface area contributed by atoms with Crippen LogP contribution in [0.4, 0.5) is 14.9 Å². The third-order valence-electron chi connectivity index (χ3n) is 3.34. The Kier molecular flexibility index (Phi) is 4.62. The normalized spacial score (nSPS) is 10.7. The number of amides is 2. The summed E-state index contributed by atoms with van der Waals surface area (Å²) in [5.74, 6) is -0.369. The summed E-state index contributed by atoms with van der Waals surface area (Å²) < 4.78 is 15.1. The molecule has 1 aromatic carbocycles. The highest BCUT2D eigenvalue weighted by Gasteiger charge is 2.18. The van der Waals surface area contributed by atoms with E-state index in [1.54, 1.807) is 17.0 Å². The molecule has 0 aliphatic carbocycles. The quantitative estimate of drug-likeness (QED) is 0.917. The number of urea groups is 1. The number of benzene rings is 1. The number of nitrogens with one attached hydrogen (secondary N) is 1. The first-order chi connectivity index (χ1) is 9.97. The monoisotopic (exact) mass is 289 g/mol. The van der Waals surface area contributed by atoms with Gasteiger partial charge in [-0.2, -0.15) is 0 Å². The zero-order valence-corrected chi connectivity index (χ0v) is 12.5. The number of aromatic nitrogens is 1. The SMILES string of the molecule is CC(C)N(Cc1cccn1C)C(=O)Nc1cccc(F)c1. The fourth-order valence-corrected chi connectivity index (χ4v) is 2.09. The molecule has 1 aromatic heterocycles. The van der Waals surface area contributed by atoms with Crippen molar-refractivity contribution in [1.82, 2.24) is 9.47 Å². The molecule has 112 valence electrons. The summed E-state index contributed by atoms with van der Waals surface area (Å²) in [6, 6.07) is 9.61. The first-order valence-electron chi connectivity index (χ1n) is 6.91. The average Bonchev–Trinajstić information content (AvgIpc) is 2.81. The molecule has 2 amide bonds. The molecule has 0 radical (unpaired) electrons. The number of carbonyl (C=O) groups is 1. The van der Waals surface area contributed by atoms with Crippen molar-refractivity contribution < 1.29 is 9.18 Å². The molecule has 0 bridgehead atoms. The fraction of sp³-hybridized carbons (Fsp3) is 0.312. The minimum atomic E-state index is -0.369. The molecular weight excluding hydrogens is 269 g/mol. The van der Waals surface area contributed by atoms with Gasteiger partial charge in [-0.3, -0.25) is 0 Å². The van der Waals surface area contributed by atoms with E-state index >= 15 is 0 Å². The van der Waals surface area contributed by atoms with Crippen molar-refractivity contribution in [1.29, 1.82) is 0 Å². The predicted octanol–water partition coefficient (Wildman–Crippen LogP) is 3.61. The van der Waals surface area contributed by atoms with Crippen LogP contribution in [0.3, 0.4) is 0 Å². The van der Waals surface area contributed by atoms with Gasteiger partial charge in [0.05, 0.1) is 6.54 Å². The van der Waals surface area contributed by atoms with Gasteiger partial charge < -0.3 is 14.8 Å². The Morgan fingerprint density at radius 2 is 2.10 bits per heavy atom. The van der Waals surface area contributed by atoms with Gasteiger partial charge in [-0.05, 0) is 44.2 Å². The molecule has 0 aliphatic heterocycles. The lowest BCUT2D eigenvalue weighted by atomic mass is 10.3. The van der Waals surface area contributed by atoms with Crippen LogP contribution in [0.25, 0.3) is 0 Å². The molecule has 1 heterocycles. The van der Waals surface area contributed by atoms with Crippen LogP contribution in [-0.4, -0.2) is 21.5 Å². The number of hydrogen-bond donors (Lipinski definition) is 1. The van der Waals surface area contributed by atoms with E-state index < -0.39 is 0 Å². The number of nitrogens with zero attached hydrogens (tertiary/aromatic N) is 2. The lowest BCUT2D eigenvalue weighted by Crippen LogP contribution is -2.39. The Morgan fingerprint density at radius 1 is 1.33 bits per heavy atom. The predicted molar refractivity (Wildman–Crippen MR) is 81.5 cm³/mol. The molecule has 0 saturated heterocycles. The van der Waals surface area contributed by atoms with E-state index in [4.69, 9.17) is 0 Å². The number of carbonyl (C=O) groups excluding carboxylic acids is 1. The lowest BCUT2D eigenvalue weighted by Gasteiger charge is -2.27. The summed E-state index contributed by atoms with van der Waals surface area (Å²) in [5, 5.41) is 2.73. The third-order valence-corrected chi connectivity index (χ3v) is 3.34. The van der Waals surface area contributed by atoms with E-state index in [2.05, 4.69) is 5.32 Å². The highest BCUT2D eigenvalue weighted by Crippen LogP contribution is 2.14. The second-order valence-corrected chi connectivity index (χ2v) is 5.27. The number of halogens is 1. The minimum absolute atomic E-state index is 0.0356. The Hall–Kier alpha value is -2.30. The van der Waals surface area contributed by atoms with Crippen LogP contribution in [0.15, 0.2) is 42.6 Å². The van der Waals surface area contributed by atoms with Crippen LogP contribution in [-0.2, 0) is 13.6 Å². The molecule has 4 nitrogen and oxygen atoms in total. The molecule has 0 fully saturated rings. The molecule has 0 unspecified atom stereocenters. The van der Waals surface area contributed by atoms with Gasteiger partial charge in [-0.1, -0.05) is 6.07 Å². The van der Waals surface area contributed by atoms with Crippen molar-refractivity contribution in [3.8, 4) is 0 Å². The van der Waals surface area contributed by atoms with Gasteiger partial charge in [0.25, 0.3) is 0 Å². The zero-order chi connectivity index (χ0) is 15.4. The zero-order valence-electron chi connectivity index (χ0n) is 12.5. The first-order valence-corrected chi connectivity index (χ1v) is 6.91. The van der Waals surface area contributed by atoms with Gasteiger partial charge >= 0.3 is 6.03 Å². The highest BCUT2D eigenvalue weighted by molar-refractivity contribution is 5.89. The van der Waals surface area contributed by atoms with Gasteiger partial charge in [-0.25, -0.2) is 9.18 Å². The van der Waals surface area contributed by atoms with Crippen molar-refractivity contribution in [3.63, 3.8) is 0 Å². The first kappa shape index (κ1) is 15.1. The average molecular weight is 289 g/mol. The summed E-state index contributed by atoms with van der Waals surface area (Å²) in [6.45, 7) is 4.41. The van der Waals surface area contributed by atoms with Crippen molar-refractivity contribution in [2.45, 2.75) is 26.4 Å². The van der Waals surface area contributed by atoms with Crippen LogP contribution in [0.1, 0.15) is 19.5 Å². The molecular formula is C16H20FN3O. The van der Waals surface area contributed by atoms with Gasteiger partial charge in [0.1, 0.15) is 5.82 Å². The summed E-state index contributed by atoms with van der Waals surface area (Å²) in [4.78, 5) is 14.1. The maximum absolute atomic E-state index is 13.2. The minimum Gasteiger partial charge on any atom is -0.353 e. The van der Waals surface area contributed by atoms with E-state index in [-0.39, 0.29) is 17.9 Å². The standard InChI is InChI=1S/C16H20FN3O/c1-12(2)20(11-15-8-5-9-19(15)3)16(21)18-14-7-4-6-13(17)10-14/h4-10,12H,11H2,1-3H3,(H,18,21). The molecule has 2 rings (SSSR count). The number of rotatable bonds is 4. The summed E-state index contributed by atoms with van der Waals surface area (Å²) in [5.41, 5.74) is 1.50. The Bertz CT molecular complexity index is 621. The van der Waals surface area contributed by atoms with Gasteiger partial charge in [0.15, 0.2) is 0 Å². The van der Waals surface area contributed by atoms with E-state index in [9.17, 15) is 9.18 Å². The van der Waals surface area contributed by atoms with E-state index in [0.717, 1.165) is 5.69 Å². The maximum atomic E-state index is 13.2. The number of anilines is 1. The second kappa shape index (κ2) is 6.43. The Labute approximate surface area is 124 Å². The van der Waals surface area contributed by atoms with E-state index in [1.165, 1.54) is 12.1 Å². The smallest absolute Gasteiger partial charge is 0.322 e. The van der Waals surface area contributed by atoms with Crippen molar-refractivity contribution in [2.24, 2.45) is 7.05 Å². The Morgan fingerprint density at radius 3 is 2.67 bits per heavy atom. The molecule has 21 heavy (non-hydrogen) atoms. The van der Waals surface area contributed by atoms with Gasteiger partial charge in [-0.15, -0.1) is 0 Å². The van der Waals surface area contributed by atoms with Gasteiger partial charge in [0.2, 0.25) is 0 Å².